The summed E-state index contributed by atoms with van der Waals surface area (Å²) in [5.41, 5.74) is 5.58. The van der Waals surface area contributed by atoms with E-state index in [1.54, 1.807) is 42.7 Å². The van der Waals surface area contributed by atoms with Crippen molar-refractivity contribution in [2.24, 2.45) is 0 Å². The first-order chi connectivity index (χ1) is 14.8. The molecule has 0 radical (unpaired) electrons. The van der Waals surface area contributed by atoms with Crippen molar-refractivity contribution in [1.82, 2.24) is 4.90 Å². The molecule has 182 valence electrons. The number of rotatable bonds is 21. The van der Waals surface area contributed by atoms with Crippen LogP contribution in [0.2, 0.25) is 18.1 Å². The van der Waals surface area contributed by atoms with Crippen LogP contribution in [0.5, 0.6) is 0 Å². The molecule has 0 aliphatic rings. The average molecular weight is 492 g/mol. The van der Waals surface area contributed by atoms with Crippen LogP contribution in [0, 0.1) is 0 Å². The van der Waals surface area contributed by atoms with Gasteiger partial charge in [-0.25, -0.2) is 0 Å². The first-order valence-corrected chi connectivity index (χ1v) is 17.1. The van der Waals surface area contributed by atoms with Gasteiger partial charge in [0.2, 0.25) is 0 Å². The quantitative estimate of drug-likeness (QED) is 0.226. The Bertz CT molecular complexity index is 440. The third kappa shape index (κ3) is 9.95. The predicted molar refractivity (Wildman–Crippen MR) is 135 cm³/mol. The lowest BCUT2D eigenvalue weighted by molar-refractivity contribution is 0.230. The Kier molecular flexibility index (Phi) is 16.0. The van der Waals surface area contributed by atoms with Gasteiger partial charge in [-0.05, 0) is 74.1 Å². The van der Waals surface area contributed by atoms with Crippen molar-refractivity contribution in [3.63, 3.8) is 0 Å². The zero-order chi connectivity index (χ0) is 23.8. The monoisotopic (exact) mass is 491 g/mol. The van der Waals surface area contributed by atoms with Gasteiger partial charge in [-0.1, -0.05) is 0 Å². The van der Waals surface area contributed by atoms with E-state index in [0.29, 0.717) is 0 Å². The zero-order valence-electron chi connectivity index (χ0n) is 20.6. The Labute approximate surface area is 193 Å². The van der Waals surface area contributed by atoms with Gasteiger partial charge in [0.15, 0.2) is 0 Å². The molecule has 0 atom stereocenters. The Morgan fingerprint density at radius 2 is 0.742 bits per heavy atom. The summed E-state index contributed by atoms with van der Waals surface area (Å²) >= 11 is 0. The summed E-state index contributed by atoms with van der Waals surface area (Å²) in [7, 11) is 3.35. The third-order valence-corrected chi connectivity index (χ3v) is 15.2. The Morgan fingerprint density at radius 1 is 0.516 bits per heavy atom. The van der Waals surface area contributed by atoms with E-state index >= 15 is 0 Å². The van der Waals surface area contributed by atoms with Crippen LogP contribution in [-0.4, -0.2) is 92.9 Å². The first-order valence-electron chi connectivity index (χ1n) is 10.8. The lowest BCUT2D eigenvalue weighted by atomic mass is 10.3. The third-order valence-electron chi connectivity index (χ3n) is 6.00. The molecule has 0 aliphatic heterocycles. The fourth-order valence-electron chi connectivity index (χ4n) is 3.65. The Balaban J connectivity index is 4.97. The standard InChI is InChI=1S/C21H45NO6Si3/c1-10-29(23-4,24-5)19-13-16-22(17-14-20-30(11-2,25-6)26-7)18-15-21-31(12-3,27-8)28-9/h10-12H,1-3,13-21H2,4-9H3. The summed E-state index contributed by atoms with van der Waals surface area (Å²) in [5.74, 6) is 0. The van der Waals surface area contributed by atoms with Crippen molar-refractivity contribution >= 4 is 25.7 Å². The topological polar surface area (TPSA) is 58.6 Å². The van der Waals surface area contributed by atoms with Gasteiger partial charge in [0.25, 0.3) is 0 Å². The molecule has 0 bridgehead atoms. The zero-order valence-corrected chi connectivity index (χ0v) is 23.6. The minimum absolute atomic E-state index is 0.878. The van der Waals surface area contributed by atoms with Crippen LogP contribution in [-0.2, 0) is 26.6 Å². The highest BCUT2D eigenvalue weighted by atomic mass is 28.4. The Morgan fingerprint density at radius 3 is 0.903 bits per heavy atom. The molecule has 0 saturated heterocycles. The molecule has 31 heavy (non-hydrogen) atoms. The molecule has 0 amide bonds. The summed E-state index contributed by atoms with van der Waals surface area (Å²) in [6.45, 7) is 14.6. The largest absolute Gasteiger partial charge is 0.395 e. The fraction of sp³-hybridized carbons (Fsp3) is 0.714. The first kappa shape index (κ1) is 30.6. The molecule has 0 aromatic rings. The summed E-state index contributed by atoms with van der Waals surface area (Å²) in [4.78, 5) is 2.48. The van der Waals surface area contributed by atoms with Gasteiger partial charge in [0.1, 0.15) is 0 Å². The minimum Gasteiger partial charge on any atom is -0.395 e. The SMILES string of the molecule is C=C[Si](CCCN(CCC[Si](C=C)(OC)OC)CCC[Si](C=C)(OC)OC)(OC)OC. The number of nitrogens with zero attached hydrogens (tertiary/aromatic N) is 1. The van der Waals surface area contributed by atoms with Gasteiger partial charge in [-0.15, -0.1) is 19.7 Å². The molecule has 0 unspecified atom stereocenters. The maximum absolute atomic E-state index is 5.66. The van der Waals surface area contributed by atoms with Crippen molar-refractivity contribution in [2.45, 2.75) is 37.4 Å². The van der Waals surface area contributed by atoms with E-state index in [2.05, 4.69) is 24.6 Å². The second-order valence-electron chi connectivity index (χ2n) is 7.42. The molecule has 0 rings (SSSR count). The normalized spacial score (nSPS) is 12.9. The minimum atomic E-state index is -2.30. The lowest BCUT2D eigenvalue weighted by Gasteiger charge is -2.29. The van der Waals surface area contributed by atoms with E-state index in [-0.39, 0.29) is 0 Å². The highest BCUT2D eigenvalue weighted by molar-refractivity contribution is 6.73. The lowest BCUT2D eigenvalue weighted by Crippen LogP contribution is -2.41. The molecule has 10 heteroatoms. The van der Waals surface area contributed by atoms with Gasteiger partial charge in [0, 0.05) is 42.7 Å². The van der Waals surface area contributed by atoms with Crippen LogP contribution < -0.4 is 0 Å². The molecule has 0 heterocycles. The van der Waals surface area contributed by atoms with Crippen molar-refractivity contribution in [3.05, 3.63) is 36.8 Å². The van der Waals surface area contributed by atoms with Gasteiger partial charge < -0.3 is 31.5 Å². The molecule has 7 nitrogen and oxygen atoms in total. The molecule has 0 saturated carbocycles. The van der Waals surface area contributed by atoms with Gasteiger partial charge in [-0.3, -0.25) is 0 Å². The summed E-state index contributed by atoms with van der Waals surface area (Å²) in [6.07, 6.45) is 2.95. The van der Waals surface area contributed by atoms with Crippen molar-refractivity contribution in [1.29, 1.82) is 0 Å². The van der Waals surface area contributed by atoms with Crippen molar-refractivity contribution in [2.75, 3.05) is 62.3 Å². The van der Waals surface area contributed by atoms with Crippen molar-refractivity contribution < 1.29 is 26.6 Å². The average Bonchev–Trinajstić information content (AvgIpc) is 2.83. The second-order valence-corrected chi connectivity index (χ2v) is 17.5. The molecule has 0 aromatic heterocycles. The van der Waals surface area contributed by atoms with E-state index in [1.165, 1.54) is 0 Å². The smallest absolute Gasteiger partial charge is 0.363 e. The van der Waals surface area contributed by atoms with E-state index in [4.69, 9.17) is 26.6 Å². The molecular formula is C21H45NO6Si3. The fourth-order valence-corrected chi connectivity index (χ4v) is 8.94. The van der Waals surface area contributed by atoms with Crippen LogP contribution in [0.15, 0.2) is 36.8 Å². The number of hydrogen-bond acceptors (Lipinski definition) is 7. The molecule has 0 aliphatic carbocycles. The molecule has 0 fully saturated rings. The van der Waals surface area contributed by atoms with Gasteiger partial charge >= 0.3 is 25.7 Å². The van der Waals surface area contributed by atoms with E-state index in [9.17, 15) is 0 Å². The van der Waals surface area contributed by atoms with Crippen molar-refractivity contribution in [3.8, 4) is 0 Å². The van der Waals surface area contributed by atoms with Crippen LogP contribution >= 0.6 is 0 Å². The molecule has 0 aromatic carbocycles. The number of hydrogen-bond donors (Lipinski definition) is 0. The molecular weight excluding hydrogens is 446 g/mol. The maximum Gasteiger partial charge on any atom is 0.363 e. The van der Waals surface area contributed by atoms with Gasteiger partial charge in [0.05, 0.1) is 0 Å². The summed E-state index contributed by atoms with van der Waals surface area (Å²) in [6, 6.07) is 2.63. The van der Waals surface area contributed by atoms with E-state index in [0.717, 1.165) is 57.0 Å². The predicted octanol–water partition coefficient (Wildman–Crippen LogP) is 3.84. The maximum atomic E-state index is 5.66. The summed E-state index contributed by atoms with van der Waals surface area (Å²) < 4.78 is 34.0. The summed E-state index contributed by atoms with van der Waals surface area (Å²) in [5, 5.41) is 0. The van der Waals surface area contributed by atoms with Gasteiger partial charge in [-0.2, -0.15) is 0 Å². The highest BCUT2D eigenvalue weighted by Gasteiger charge is 2.33. The van der Waals surface area contributed by atoms with E-state index < -0.39 is 25.7 Å². The Hall–Kier alpha value is -0.409. The highest BCUT2D eigenvalue weighted by Crippen LogP contribution is 2.20. The van der Waals surface area contributed by atoms with E-state index in [1.807, 2.05) is 17.1 Å². The van der Waals surface area contributed by atoms with Crippen LogP contribution in [0.1, 0.15) is 19.3 Å². The van der Waals surface area contributed by atoms with Crippen LogP contribution in [0.4, 0.5) is 0 Å². The van der Waals surface area contributed by atoms with Crippen LogP contribution in [0.25, 0.3) is 0 Å². The molecule has 0 spiro atoms. The second kappa shape index (κ2) is 16.2. The van der Waals surface area contributed by atoms with Crippen LogP contribution in [0.3, 0.4) is 0 Å². The molecule has 0 N–H and O–H groups in total.